The fourth-order valence-electron chi connectivity index (χ4n) is 4.48. The Morgan fingerprint density at radius 3 is 2.06 bits per heavy atom. The average Bonchev–Trinajstić information content (AvgIpc) is 3.13. The summed E-state index contributed by atoms with van der Waals surface area (Å²) in [6.07, 6.45) is 6.18. The van der Waals surface area contributed by atoms with E-state index in [1.54, 1.807) is 0 Å². The van der Waals surface area contributed by atoms with Gasteiger partial charge < -0.3 is 19.9 Å². The van der Waals surface area contributed by atoms with Crippen molar-refractivity contribution in [1.82, 2.24) is 9.80 Å². The second-order valence-electron chi connectivity index (χ2n) is 8.70. The van der Waals surface area contributed by atoms with E-state index in [1.807, 2.05) is 59.5 Å². The van der Waals surface area contributed by atoms with E-state index in [0.29, 0.717) is 24.7 Å². The lowest BCUT2D eigenvalue weighted by atomic mass is 9.95. The van der Waals surface area contributed by atoms with E-state index >= 15 is 0 Å². The van der Waals surface area contributed by atoms with Gasteiger partial charge in [0.1, 0.15) is 5.75 Å². The number of carbonyl (C=O) groups excluding carboxylic acids is 2. The van der Waals surface area contributed by atoms with Crippen LogP contribution in [0.5, 0.6) is 5.75 Å². The highest BCUT2D eigenvalue weighted by Gasteiger charge is 2.30. The van der Waals surface area contributed by atoms with Gasteiger partial charge in [0, 0.05) is 43.5 Å². The summed E-state index contributed by atoms with van der Waals surface area (Å²) in [7, 11) is 0. The van der Waals surface area contributed by atoms with Gasteiger partial charge in [-0.1, -0.05) is 31.0 Å². The van der Waals surface area contributed by atoms with Crippen LogP contribution < -0.4 is 10.1 Å². The number of likely N-dealkylation sites (tertiary alicyclic amines) is 2. The van der Waals surface area contributed by atoms with Crippen LogP contribution in [0.4, 0.5) is 11.4 Å². The van der Waals surface area contributed by atoms with Gasteiger partial charge in [-0.25, -0.2) is 0 Å². The molecule has 6 heteroatoms. The molecule has 2 aromatic rings. The summed E-state index contributed by atoms with van der Waals surface area (Å²) >= 11 is 0. The van der Waals surface area contributed by atoms with Gasteiger partial charge in [-0.15, -0.1) is 0 Å². The molecule has 170 valence electrons. The van der Waals surface area contributed by atoms with E-state index in [4.69, 9.17) is 4.74 Å². The molecule has 2 aromatic carbocycles. The Balaban J connectivity index is 1.20. The molecule has 0 spiro atoms. The standard InChI is InChI=1S/C26H33N3O3/c30-25(20-32-24-12-10-23(11-13-24)27-22-8-4-3-5-9-22)28-18-14-21(15-19-28)26(31)29-16-6-1-2-7-17-29/h3-5,8-13,21,27H,1-2,6-7,14-20H2. The van der Waals surface area contributed by atoms with Crippen LogP contribution in [0.3, 0.4) is 0 Å². The first-order chi connectivity index (χ1) is 15.7. The van der Waals surface area contributed by atoms with Crippen LogP contribution in [0, 0.1) is 5.92 Å². The molecule has 4 rings (SSSR count). The number of benzene rings is 2. The van der Waals surface area contributed by atoms with Crippen LogP contribution in [0.2, 0.25) is 0 Å². The van der Waals surface area contributed by atoms with Crippen LogP contribution in [0.25, 0.3) is 0 Å². The first-order valence-corrected chi connectivity index (χ1v) is 11.8. The van der Waals surface area contributed by atoms with E-state index in [2.05, 4.69) is 10.2 Å². The van der Waals surface area contributed by atoms with Crippen molar-refractivity contribution in [1.29, 1.82) is 0 Å². The second kappa shape index (κ2) is 11.0. The highest BCUT2D eigenvalue weighted by Crippen LogP contribution is 2.23. The zero-order valence-corrected chi connectivity index (χ0v) is 18.7. The third-order valence-electron chi connectivity index (χ3n) is 6.39. The average molecular weight is 436 g/mol. The van der Waals surface area contributed by atoms with Gasteiger partial charge in [-0.3, -0.25) is 9.59 Å². The molecule has 0 radical (unpaired) electrons. The van der Waals surface area contributed by atoms with E-state index in [9.17, 15) is 9.59 Å². The van der Waals surface area contributed by atoms with Gasteiger partial charge in [0.25, 0.3) is 5.91 Å². The zero-order valence-electron chi connectivity index (χ0n) is 18.7. The van der Waals surface area contributed by atoms with Crippen molar-refractivity contribution < 1.29 is 14.3 Å². The minimum Gasteiger partial charge on any atom is -0.484 e. The Labute approximate surface area is 190 Å². The largest absolute Gasteiger partial charge is 0.484 e. The zero-order chi connectivity index (χ0) is 22.2. The normalized spacial score (nSPS) is 17.5. The molecule has 1 N–H and O–H groups in total. The van der Waals surface area contributed by atoms with Crippen molar-refractivity contribution in [2.45, 2.75) is 38.5 Å². The van der Waals surface area contributed by atoms with Crippen molar-refractivity contribution in [2.24, 2.45) is 5.92 Å². The van der Waals surface area contributed by atoms with Crippen molar-refractivity contribution in [3.8, 4) is 5.75 Å². The molecule has 0 atom stereocenters. The molecule has 2 aliphatic heterocycles. The lowest BCUT2D eigenvalue weighted by molar-refractivity contribution is -0.141. The summed E-state index contributed by atoms with van der Waals surface area (Å²) in [6, 6.07) is 17.6. The number of nitrogens with zero attached hydrogens (tertiary/aromatic N) is 2. The summed E-state index contributed by atoms with van der Waals surface area (Å²) in [6.45, 7) is 3.08. The summed E-state index contributed by atoms with van der Waals surface area (Å²) in [5, 5.41) is 3.33. The van der Waals surface area contributed by atoms with Gasteiger partial charge in [-0.2, -0.15) is 0 Å². The second-order valence-corrected chi connectivity index (χ2v) is 8.70. The number of nitrogens with one attached hydrogen (secondary N) is 1. The molecule has 0 saturated carbocycles. The molecular weight excluding hydrogens is 402 g/mol. The predicted molar refractivity (Wildman–Crippen MR) is 126 cm³/mol. The molecule has 2 amide bonds. The Hall–Kier alpha value is -3.02. The maximum Gasteiger partial charge on any atom is 0.260 e. The van der Waals surface area contributed by atoms with Crippen LogP contribution in [-0.2, 0) is 9.59 Å². The van der Waals surface area contributed by atoms with E-state index < -0.39 is 0 Å². The first kappa shape index (κ1) is 22.2. The van der Waals surface area contributed by atoms with Crippen molar-refractivity contribution in [3.63, 3.8) is 0 Å². The van der Waals surface area contributed by atoms with Crippen molar-refractivity contribution in [2.75, 3.05) is 38.1 Å². The molecule has 2 heterocycles. The van der Waals surface area contributed by atoms with Crippen molar-refractivity contribution >= 4 is 23.2 Å². The van der Waals surface area contributed by atoms with Crippen LogP contribution in [0.15, 0.2) is 54.6 Å². The molecule has 32 heavy (non-hydrogen) atoms. The fourth-order valence-corrected chi connectivity index (χ4v) is 4.48. The molecule has 0 bridgehead atoms. The van der Waals surface area contributed by atoms with Crippen LogP contribution in [0.1, 0.15) is 38.5 Å². The van der Waals surface area contributed by atoms with Gasteiger partial charge in [0.2, 0.25) is 5.91 Å². The number of para-hydroxylation sites is 1. The maximum atomic E-state index is 12.8. The quantitative estimate of drug-likeness (QED) is 0.728. The minimum atomic E-state index is -0.0165. The number of hydrogen-bond acceptors (Lipinski definition) is 4. The Bertz CT molecular complexity index is 869. The van der Waals surface area contributed by atoms with Crippen molar-refractivity contribution in [3.05, 3.63) is 54.6 Å². The van der Waals surface area contributed by atoms with Gasteiger partial charge in [0.15, 0.2) is 6.61 Å². The molecule has 2 fully saturated rings. The summed E-state index contributed by atoms with van der Waals surface area (Å²) < 4.78 is 5.72. The van der Waals surface area contributed by atoms with Gasteiger partial charge >= 0.3 is 0 Å². The Morgan fingerprint density at radius 1 is 0.781 bits per heavy atom. The Kier molecular flexibility index (Phi) is 7.64. The highest BCUT2D eigenvalue weighted by atomic mass is 16.5. The number of carbonyl (C=O) groups is 2. The number of anilines is 2. The highest BCUT2D eigenvalue weighted by molar-refractivity contribution is 5.80. The lowest BCUT2D eigenvalue weighted by Gasteiger charge is -2.34. The number of ether oxygens (including phenoxy) is 1. The molecule has 0 aliphatic carbocycles. The topological polar surface area (TPSA) is 61.9 Å². The molecular formula is C26H33N3O3. The molecule has 2 aliphatic rings. The van der Waals surface area contributed by atoms with Gasteiger partial charge in [0.05, 0.1) is 0 Å². The van der Waals surface area contributed by atoms with E-state index in [-0.39, 0.29) is 18.4 Å². The fraction of sp³-hybridized carbons (Fsp3) is 0.462. The minimum absolute atomic E-state index is 0.0165. The SMILES string of the molecule is O=C(COc1ccc(Nc2ccccc2)cc1)N1CCC(C(=O)N2CCCCCC2)CC1. The molecule has 0 unspecified atom stereocenters. The number of piperidine rings is 1. The lowest BCUT2D eigenvalue weighted by Crippen LogP contribution is -2.45. The third-order valence-corrected chi connectivity index (χ3v) is 6.39. The smallest absolute Gasteiger partial charge is 0.260 e. The number of hydrogen-bond donors (Lipinski definition) is 1. The molecule has 2 saturated heterocycles. The van der Waals surface area contributed by atoms with Crippen LogP contribution in [-0.4, -0.2) is 54.4 Å². The molecule has 0 aromatic heterocycles. The molecule has 6 nitrogen and oxygen atoms in total. The Morgan fingerprint density at radius 2 is 1.41 bits per heavy atom. The monoisotopic (exact) mass is 435 g/mol. The third kappa shape index (κ3) is 6.02. The number of rotatable bonds is 6. The van der Waals surface area contributed by atoms with Gasteiger partial charge in [-0.05, 0) is 62.1 Å². The summed E-state index contributed by atoms with van der Waals surface area (Å²) in [4.78, 5) is 29.3. The summed E-state index contributed by atoms with van der Waals surface area (Å²) in [5.74, 6) is 1.00. The van der Waals surface area contributed by atoms with E-state index in [0.717, 1.165) is 50.1 Å². The maximum absolute atomic E-state index is 12.8. The summed E-state index contributed by atoms with van der Waals surface area (Å²) in [5.41, 5.74) is 1.99. The van der Waals surface area contributed by atoms with Crippen LogP contribution >= 0.6 is 0 Å². The van der Waals surface area contributed by atoms with E-state index in [1.165, 1.54) is 12.8 Å². The first-order valence-electron chi connectivity index (χ1n) is 11.8. The predicted octanol–water partition coefficient (Wildman–Crippen LogP) is 4.45. The number of amides is 2.